The third-order valence-corrected chi connectivity index (χ3v) is 4.54. The molecule has 0 bridgehead atoms. The highest BCUT2D eigenvalue weighted by Gasteiger charge is 2.22. The van der Waals surface area contributed by atoms with Crippen molar-refractivity contribution in [2.24, 2.45) is 11.8 Å². The number of carbonyl (C=O) groups excluding carboxylic acids is 1. The molecule has 1 rings (SSSR count). The number of aryl methyl sites for hydroxylation is 2. The van der Waals surface area contributed by atoms with Crippen molar-refractivity contribution in [3.05, 3.63) is 15.6 Å². The third-order valence-electron chi connectivity index (χ3n) is 3.28. The second-order valence-corrected chi connectivity index (χ2v) is 6.68. The highest BCUT2D eigenvalue weighted by molar-refractivity contribution is 7.11. The Morgan fingerprint density at radius 2 is 1.90 bits per heavy atom. The number of thiazole rings is 1. The number of carbonyl (C=O) groups is 2. The molecule has 21 heavy (non-hydrogen) atoms. The van der Waals surface area contributed by atoms with E-state index >= 15 is 0 Å². The Bertz CT molecular complexity index is 514. The van der Waals surface area contributed by atoms with Gasteiger partial charge in [0.25, 0.3) is 0 Å². The van der Waals surface area contributed by atoms with E-state index in [9.17, 15) is 9.59 Å². The zero-order chi connectivity index (χ0) is 16.2. The van der Waals surface area contributed by atoms with Crippen molar-refractivity contribution in [2.75, 3.05) is 6.54 Å². The van der Waals surface area contributed by atoms with Gasteiger partial charge in [-0.05, 0) is 26.7 Å². The largest absolute Gasteiger partial charge is 0.481 e. The predicted molar refractivity (Wildman–Crippen MR) is 82.5 cm³/mol. The number of aromatic nitrogens is 1. The fourth-order valence-corrected chi connectivity index (χ4v) is 3.00. The summed E-state index contributed by atoms with van der Waals surface area (Å²) in [6.45, 7) is 9.49. The molecule has 0 spiro atoms. The van der Waals surface area contributed by atoms with E-state index in [2.05, 4.69) is 15.6 Å². The number of nitrogens with zero attached hydrogens (tertiary/aromatic N) is 1. The van der Waals surface area contributed by atoms with Gasteiger partial charge in [-0.2, -0.15) is 0 Å². The number of carboxylic acids is 1. The van der Waals surface area contributed by atoms with Crippen molar-refractivity contribution in [2.45, 2.75) is 40.7 Å². The van der Waals surface area contributed by atoms with Crippen molar-refractivity contribution in [3.8, 4) is 0 Å². The van der Waals surface area contributed by atoms with Crippen LogP contribution in [0.25, 0.3) is 0 Å². The predicted octanol–water partition coefficient (Wildman–Crippen LogP) is 2.48. The molecule has 0 saturated carbocycles. The summed E-state index contributed by atoms with van der Waals surface area (Å²) in [6, 6.07) is -0.515. The first-order chi connectivity index (χ1) is 9.72. The minimum atomic E-state index is -0.896. The molecule has 0 fully saturated rings. The van der Waals surface area contributed by atoms with Gasteiger partial charge in [0.05, 0.1) is 22.7 Å². The Morgan fingerprint density at radius 3 is 2.33 bits per heavy atom. The maximum atomic E-state index is 11.9. The highest BCUT2D eigenvalue weighted by atomic mass is 32.1. The molecule has 1 heterocycles. The Kier molecular flexibility index (Phi) is 6.14. The van der Waals surface area contributed by atoms with E-state index in [-0.39, 0.29) is 24.5 Å². The van der Waals surface area contributed by atoms with E-state index in [4.69, 9.17) is 5.11 Å². The minimum Gasteiger partial charge on any atom is -0.481 e. The maximum absolute atomic E-state index is 11.9. The number of hydrogen-bond acceptors (Lipinski definition) is 4. The number of aliphatic carboxylic acids is 1. The van der Waals surface area contributed by atoms with Gasteiger partial charge in [-0.1, -0.05) is 13.8 Å². The van der Waals surface area contributed by atoms with Gasteiger partial charge in [0, 0.05) is 11.4 Å². The molecule has 0 aliphatic carbocycles. The molecule has 2 atom stereocenters. The van der Waals surface area contributed by atoms with Gasteiger partial charge in [-0.25, -0.2) is 9.78 Å². The molecule has 7 heteroatoms. The lowest BCUT2D eigenvalue weighted by atomic mass is 9.96. The van der Waals surface area contributed by atoms with Gasteiger partial charge in [0.2, 0.25) is 0 Å². The normalized spacial score (nSPS) is 13.8. The van der Waals surface area contributed by atoms with Gasteiger partial charge in [-0.3, -0.25) is 4.79 Å². The molecular weight excluding hydrogens is 290 g/mol. The van der Waals surface area contributed by atoms with Crippen LogP contribution in [-0.4, -0.2) is 28.6 Å². The lowest BCUT2D eigenvalue weighted by Gasteiger charge is -2.18. The summed E-state index contributed by atoms with van der Waals surface area (Å²) >= 11 is 1.55. The number of carboxylic acid groups (broad SMARTS) is 1. The van der Waals surface area contributed by atoms with E-state index in [1.54, 1.807) is 11.3 Å². The summed E-state index contributed by atoms with van der Waals surface area (Å²) in [5.74, 6) is -1.52. The summed E-state index contributed by atoms with van der Waals surface area (Å²) in [6.07, 6.45) is 0. The van der Waals surface area contributed by atoms with E-state index < -0.39 is 11.9 Å². The molecule has 0 saturated heterocycles. The summed E-state index contributed by atoms with van der Waals surface area (Å²) < 4.78 is 0. The van der Waals surface area contributed by atoms with Crippen LogP contribution < -0.4 is 10.6 Å². The Labute approximate surface area is 129 Å². The van der Waals surface area contributed by atoms with Gasteiger partial charge in [0.15, 0.2) is 0 Å². The SMILES string of the molecule is Cc1nc(C)c(C(C)NC(=O)NCC(C(=O)O)C(C)C)s1. The monoisotopic (exact) mass is 313 g/mol. The number of amides is 2. The Balaban J connectivity index is 2.54. The third kappa shape index (κ3) is 5.00. The number of urea groups is 1. The summed E-state index contributed by atoms with van der Waals surface area (Å²) in [4.78, 5) is 28.3. The topological polar surface area (TPSA) is 91.3 Å². The van der Waals surface area contributed by atoms with Gasteiger partial charge in [-0.15, -0.1) is 11.3 Å². The van der Waals surface area contributed by atoms with E-state index in [1.807, 2.05) is 34.6 Å². The van der Waals surface area contributed by atoms with Crippen molar-refractivity contribution in [1.29, 1.82) is 0 Å². The number of rotatable bonds is 6. The molecule has 2 amide bonds. The van der Waals surface area contributed by atoms with Crippen LogP contribution in [0.3, 0.4) is 0 Å². The van der Waals surface area contributed by atoms with Crippen molar-refractivity contribution < 1.29 is 14.7 Å². The lowest BCUT2D eigenvalue weighted by molar-refractivity contribution is -0.142. The van der Waals surface area contributed by atoms with Crippen LogP contribution in [0.1, 0.15) is 42.4 Å². The van der Waals surface area contributed by atoms with Crippen LogP contribution in [0.5, 0.6) is 0 Å². The average molecular weight is 313 g/mol. The quantitative estimate of drug-likeness (QED) is 0.752. The zero-order valence-corrected chi connectivity index (χ0v) is 13.9. The van der Waals surface area contributed by atoms with Crippen molar-refractivity contribution in [3.63, 3.8) is 0 Å². The van der Waals surface area contributed by atoms with Gasteiger partial charge >= 0.3 is 12.0 Å². The van der Waals surface area contributed by atoms with Crippen molar-refractivity contribution in [1.82, 2.24) is 15.6 Å². The Hall–Kier alpha value is -1.63. The van der Waals surface area contributed by atoms with Gasteiger partial charge < -0.3 is 15.7 Å². The first-order valence-electron chi connectivity index (χ1n) is 6.93. The van der Waals surface area contributed by atoms with E-state index in [1.165, 1.54) is 0 Å². The van der Waals surface area contributed by atoms with Crippen molar-refractivity contribution >= 4 is 23.3 Å². The molecule has 3 N–H and O–H groups in total. The van der Waals surface area contributed by atoms with Crippen LogP contribution >= 0.6 is 11.3 Å². The second kappa shape index (κ2) is 7.40. The molecule has 0 aliphatic heterocycles. The van der Waals surface area contributed by atoms with Crippen LogP contribution in [-0.2, 0) is 4.79 Å². The van der Waals surface area contributed by atoms with Crippen LogP contribution in [0, 0.1) is 25.7 Å². The molecule has 118 valence electrons. The lowest BCUT2D eigenvalue weighted by Crippen LogP contribution is -2.42. The molecule has 0 radical (unpaired) electrons. The molecule has 1 aromatic heterocycles. The first kappa shape index (κ1) is 17.4. The summed E-state index contributed by atoms with van der Waals surface area (Å²) in [5.41, 5.74) is 0.913. The standard InChI is InChI=1S/C14H23N3O3S/c1-7(2)11(13(18)19)6-15-14(20)17-9(4)12-8(3)16-10(5)21-12/h7,9,11H,6H2,1-5H3,(H,18,19)(H2,15,17,20). The fourth-order valence-electron chi connectivity index (χ4n) is 2.07. The van der Waals surface area contributed by atoms with Crippen LogP contribution in [0.4, 0.5) is 4.79 Å². The highest BCUT2D eigenvalue weighted by Crippen LogP contribution is 2.24. The Morgan fingerprint density at radius 1 is 1.29 bits per heavy atom. The maximum Gasteiger partial charge on any atom is 0.315 e. The average Bonchev–Trinajstić information content (AvgIpc) is 2.67. The zero-order valence-electron chi connectivity index (χ0n) is 13.1. The molecule has 1 aromatic rings. The number of hydrogen-bond donors (Lipinski definition) is 3. The van der Waals surface area contributed by atoms with Crippen LogP contribution in [0.15, 0.2) is 0 Å². The first-order valence-corrected chi connectivity index (χ1v) is 7.75. The molecule has 6 nitrogen and oxygen atoms in total. The molecule has 0 aliphatic rings. The van der Waals surface area contributed by atoms with Crippen LogP contribution in [0.2, 0.25) is 0 Å². The number of nitrogens with one attached hydrogen (secondary N) is 2. The minimum absolute atomic E-state index is 0.0355. The molecule has 2 unspecified atom stereocenters. The fraction of sp³-hybridized carbons (Fsp3) is 0.643. The molecule has 0 aromatic carbocycles. The molecular formula is C14H23N3O3S. The summed E-state index contributed by atoms with van der Waals surface area (Å²) in [5, 5.41) is 15.5. The van der Waals surface area contributed by atoms with Gasteiger partial charge in [0.1, 0.15) is 0 Å². The smallest absolute Gasteiger partial charge is 0.315 e. The summed E-state index contributed by atoms with van der Waals surface area (Å²) in [7, 11) is 0. The second-order valence-electron chi connectivity index (χ2n) is 5.45. The van der Waals surface area contributed by atoms with E-state index in [0.717, 1.165) is 15.6 Å². The van der Waals surface area contributed by atoms with E-state index in [0.29, 0.717) is 0 Å².